The fraction of sp³-hybridized carbons (Fsp3) is 0.207. The lowest BCUT2D eigenvalue weighted by Gasteiger charge is -2.26. The fourth-order valence-electron chi connectivity index (χ4n) is 5.32. The number of hydrogen-bond acceptors (Lipinski definition) is 6. The van der Waals surface area contributed by atoms with Crippen LogP contribution in [0.3, 0.4) is 0 Å². The van der Waals surface area contributed by atoms with Crippen molar-refractivity contribution in [2.45, 2.75) is 25.8 Å². The molecular formula is C29H24F2N8. The smallest absolute Gasteiger partial charge is 0.159 e. The number of rotatable bonds is 5. The van der Waals surface area contributed by atoms with Crippen molar-refractivity contribution >= 4 is 22.1 Å². The van der Waals surface area contributed by atoms with Crippen molar-refractivity contribution in [1.29, 1.82) is 0 Å². The summed E-state index contributed by atoms with van der Waals surface area (Å²) in [5.74, 6) is -0.534. The third-order valence-electron chi connectivity index (χ3n) is 7.24. The summed E-state index contributed by atoms with van der Waals surface area (Å²) in [6.45, 7) is 2.92. The average Bonchev–Trinajstić information content (AvgIpc) is 3.59. The van der Waals surface area contributed by atoms with Crippen LogP contribution in [-0.4, -0.2) is 53.1 Å². The van der Waals surface area contributed by atoms with Crippen molar-refractivity contribution in [3.05, 3.63) is 78.4 Å². The van der Waals surface area contributed by atoms with Gasteiger partial charge in [-0.25, -0.2) is 18.7 Å². The molecule has 1 aliphatic rings. The Morgan fingerprint density at radius 3 is 2.64 bits per heavy atom. The molecule has 6 heterocycles. The van der Waals surface area contributed by atoms with Crippen molar-refractivity contribution < 1.29 is 8.78 Å². The first-order valence-corrected chi connectivity index (χ1v) is 12.9. The van der Waals surface area contributed by atoms with Crippen LogP contribution in [0.5, 0.6) is 0 Å². The van der Waals surface area contributed by atoms with Gasteiger partial charge in [0.2, 0.25) is 0 Å². The van der Waals surface area contributed by atoms with Crippen LogP contribution in [0.2, 0.25) is 0 Å². The molecule has 39 heavy (non-hydrogen) atoms. The molecule has 1 fully saturated rings. The van der Waals surface area contributed by atoms with E-state index in [9.17, 15) is 4.39 Å². The number of nitrogens with zero attached hydrogens (tertiary/aromatic N) is 6. The van der Waals surface area contributed by atoms with Gasteiger partial charge >= 0.3 is 0 Å². The Morgan fingerprint density at radius 1 is 0.897 bits per heavy atom. The van der Waals surface area contributed by atoms with Crippen LogP contribution in [0.25, 0.3) is 56.0 Å². The molecule has 8 nitrogen and oxygen atoms in total. The number of imidazole rings is 1. The van der Waals surface area contributed by atoms with Crippen molar-refractivity contribution in [2.24, 2.45) is 0 Å². The normalized spacial score (nSPS) is 14.4. The molecule has 0 aliphatic carbocycles. The van der Waals surface area contributed by atoms with E-state index in [2.05, 4.69) is 40.0 Å². The van der Waals surface area contributed by atoms with Gasteiger partial charge in [-0.1, -0.05) is 18.6 Å². The molecule has 5 aromatic heterocycles. The Balaban J connectivity index is 1.30. The number of nitrogens with one attached hydrogen (secondary N) is 2. The third kappa shape index (κ3) is 4.22. The Morgan fingerprint density at radius 2 is 1.77 bits per heavy atom. The largest absolute Gasteiger partial charge is 0.336 e. The minimum atomic E-state index is -0.464. The van der Waals surface area contributed by atoms with Gasteiger partial charge in [-0.3, -0.25) is 20.0 Å². The number of H-pyrrole nitrogens is 2. The first-order chi connectivity index (χ1) is 19.2. The van der Waals surface area contributed by atoms with E-state index in [-0.39, 0.29) is 11.1 Å². The average molecular weight is 523 g/mol. The number of piperidine rings is 1. The Labute approximate surface area is 222 Å². The van der Waals surface area contributed by atoms with Gasteiger partial charge in [0, 0.05) is 48.0 Å². The van der Waals surface area contributed by atoms with E-state index >= 15 is 4.39 Å². The zero-order valence-electron chi connectivity index (χ0n) is 21.0. The second-order valence-electron chi connectivity index (χ2n) is 9.82. The topological polar surface area (TPSA) is 99.3 Å². The molecular weight excluding hydrogens is 498 g/mol. The van der Waals surface area contributed by atoms with Gasteiger partial charge < -0.3 is 4.98 Å². The summed E-state index contributed by atoms with van der Waals surface area (Å²) in [7, 11) is 0. The summed E-state index contributed by atoms with van der Waals surface area (Å²) in [4.78, 5) is 23.5. The molecule has 0 spiro atoms. The van der Waals surface area contributed by atoms with Gasteiger partial charge in [-0.05, 0) is 55.8 Å². The van der Waals surface area contributed by atoms with Gasteiger partial charge in [0.1, 0.15) is 28.5 Å². The highest BCUT2D eigenvalue weighted by Gasteiger charge is 2.22. The Kier molecular flexibility index (Phi) is 5.81. The fourth-order valence-corrected chi connectivity index (χ4v) is 5.32. The molecule has 1 aliphatic heterocycles. The molecule has 1 aromatic carbocycles. The molecule has 2 N–H and O–H groups in total. The number of aromatic nitrogens is 7. The van der Waals surface area contributed by atoms with Crippen LogP contribution in [0.4, 0.5) is 8.78 Å². The van der Waals surface area contributed by atoms with Crippen LogP contribution >= 0.6 is 0 Å². The number of benzene rings is 1. The van der Waals surface area contributed by atoms with Gasteiger partial charge in [0.05, 0.1) is 10.9 Å². The van der Waals surface area contributed by atoms with E-state index in [0.29, 0.717) is 44.9 Å². The quantitative estimate of drug-likeness (QED) is 0.293. The second-order valence-corrected chi connectivity index (χ2v) is 9.82. The highest BCUT2D eigenvalue weighted by molar-refractivity contribution is 5.96. The molecule has 6 aromatic rings. The Hall–Kier alpha value is -4.57. The third-order valence-corrected chi connectivity index (χ3v) is 7.24. The maximum Gasteiger partial charge on any atom is 0.159 e. The maximum absolute atomic E-state index is 16.1. The van der Waals surface area contributed by atoms with E-state index < -0.39 is 11.6 Å². The molecule has 10 heteroatoms. The van der Waals surface area contributed by atoms with Crippen LogP contribution in [0, 0.1) is 11.6 Å². The highest BCUT2D eigenvalue weighted by atomic mass is 19.1. The van der Waals surface area contributed by atoms with Crippen molar-refractivity contribution in [3.63, 3.8) is 0 Å². The van der Waals surface area contributed by atoms with Crippen molar-refractivity contribution in [2.75, 3.05) is 13.1 Å². The summed E-state index contributed by atoms with van der Waals surface area (Å²) in [6, 6.07) is 10.1. The maximum atomic E-state index is 16.1. The number of pyridine rings is 3. The van der Waals surface area contributed by atoms with E-state index in [0.717, 1.165) is 25.2 Å². The predicted octanol–water partition coefficient (Wildman–Crippen LogP) is 5.89. The number of fused-ring (bicyclic) bond motifs is 2. The van der Waals surface area contributed by atoms with E-state index in [1.54, 1.807) is 36.7 Å². The molecule has 0 radical (unpaired) electrons. The number of hydrogen-bond donors (Lipinski definition) is 2. The first kappa shape index (κ1) is 23.5. The van der Waals surface area contributed by atoms with Crippen molar-refractivity contribution in [1.82, 2.24) is 40.0 Å². The van der Waals surface area contributed by atoms with Gasteiger partial charge in [-0.2, -0.15) is 5.10 Å². The first-order valence-electron chi connectivity index (χ1n) is 12.9. The molecule has 0 saturated carbocycles. The monoisotopic (exact) mass is 522 g/mol. The molecule has 0 amide bonds. The Bertz CT molecular complexity index is 1820. The van der Waals surface area contributed by atoms with Crippen LogP contribution in [0.1, 0.15) is 24.8 Å². The summed E-state index contributed by atoms with van der Waals surface area (Å²) < 4.78 is 30.7. The summed E-state index contributed by atoms with van der Waals surface area (Å²) in [5.41, 5.74) is 4.43. The van der Waals surface area contributed by atoms with Crippen molar-refractivity contribution in [3.8, 4) is 33.9 Å². The lowest BCUT2D eigenvalue weighted by atomic mass is 10.0. The standard InChI is InChI=1S/C29H24F2N8/c30-21-7-3-2-6-19(21)25-26-22(8-9-33-25)35-29(36-26)27-23-24(31)20(15-34-28(23)38-37-27)18-12-17(13-32-14-18)16-39-10-4-1-5-11-39/h2-3,6-9,12-15H,1,4-5,10-11,16H2,(H,35,36)(H,34,37,38). The predicted molar refractivity (Wildman–Crippen MR) is 144 cm³/mol. The molecule has 1 saturated heterocycles. The van der Waals surface area contributed by atoms with Gasteiger partial charge in [0.15, 0.2) is 11.5 Å². The van der Waals surface area contributed by atoms with Crippen LogP contribution < -0.4 is 0 Å². The minimum Gasteiger partial charge on any atom is -0.336 e. The molecule has 0 atom stereocenters. The van der Waals surface area contributed by atoms with Crippen LogP contribution in [0.15, 0.2) is 61.2 Å². The highest BCUT2D eigenvalue weighted by Crippen LogP contribution is 2.34. The molecule has 194 valence electrons. The molecule has 0 unspecified atom stereocenters. The van der Waals surface area contributed by atoms with Gasteiger partial charge in [-0.15, -0.1) is 0 Å². The molecule has 0 bridgehead atoms. The van der Waals surface area contributed by atoms with Crippen LogP contribution in [-0.2, 0) is 6.54 Å². The zero-order chi connectivity index (χ0) is 26.3. The van der Waals surface area contributed by atoms with Gasteiger partial charge in [0.25, 0.3) is 0 Å². The lowest BCUT2D eigenvalue weighted by molar-refractivity contribution is 0.220. The number of likely N-dealkylation sites (tertiary alicyclic amines) is 1. The van der Waals surface area contributed by atoms with E-state index in [1.165, 1.54) is 31.5 Å². The summed E-state index contributed by atoms with van der Waals surface area (Å²) in [5, 5.41) is 7.36. The summed E-state index contributed by atoms with van der Waals surface area (Å²) >= 11 is 0. The SMILES string of the molecule is Fc1ccccc1-c1nccc2[nH]c(-c3n[nH]c4ncc(-c5cncc(CN6CCCCC6)c5)c(F)c34)nc12. The zero-order valence-corrected chi connectivity index (χ0v) is 21.0. The number of aromatic amines is 2. The number of halogens is 2. The second kappa shape index (κ2) is 9.63. The van der Waals surface area contributed by atoms with E-state index in [4.69, 9.17) is 0 Å². The lowest BCUT2D eigenvalue weighted by Crippen LogP contribution is -2.29. The minimum absolute atomic E-state index is 0.216. The molecule has 7 rings (SSSR count). The summed E-state index contributed by atoms with van der Waals surface area (Å²) in [6.07, 6.45) is 10.2. The van der Waals surface area contributed by atoms with E-state index in [1.807, 2.05) is 12.3 Å².